The molecule has 2 fully saturated rings. The summed E-state index contributed by atoms with van der Waals surface area (Å²) in [6.45, 7) is 2.84. The van der Waals surface area contributed by atoms with Gasteiger partial charge in [0.2, 0.25) is 0 Å². The van der Waals surface area contributed by atoms with Gasteiger partial charge in [0.05, 0.1) is 17.7 Å². The van der Waals surface area contributed by atoms with E-state index < -0.39 is 0 Å². The van der Waals surface area contributed by atoms with Gasteiger partial charge < -0.3 is 10.1 Å². The zero-order valence-electron chi connectivity index (χ0n) is 10.5. The van der Waals surface area contributed by atoms with E-state index >= 15 is 0 Å². The molecule has 0 bridgehead atoms. The van der Waals surface area contributed by atoms with E-state index in [-0.39, 0.29) is 12.1 Å². The lowest BCUT2D eigenvalue weighted by molar-refractivity contribution is 0.121. The normalized spacial score (nSPS) is 26.9. The van der Waals surface area contributed by atoms with Gasteiger partial charge in [-0.25, -0.2) is 4.98 Å². The van der Waals surface area contributed by atoms with Crippen LogP contribution in [0, 0.1) is 11.3 Å². The molecule has 1 aromatic rings. The Hall–Kier alpha value is -1.60. The highest BCUT2D eigenvalue weighted by molar-refractivity contribution is 5.53. The number of ether oxygens (including phenoxy) is 1. The van der Waals surface area contributed by atoms with Gasteiger partial charge in [0, 0.05) is 18.2 Å². The molecule has 0 radical (unpaired) electrons. The third kappa shape index (κ3) is 2.19. The van der Waals surface area contributed by atoms with Crippen molar-refractivity contribution in [3.05, 3.63) is 23.4 Å². The number of pyridine rings is 1. The van der Waals surface area contributed by atoms with Crippen molar-refractivity contribution in [2.75, 3.05) is 11.9 Å². The molecule has 0 unspecified atom stereocenters. The molecule has 1 N–H and O–H groups in total. The van der Waals surface area contributed by atoms with Crippen molar-refractivity contribution in [3.63, 3.8) is 0 Å². The Morgan fingerprint density at radius 2 is 2.22 bits per heavy atom. The Labute approximate surface area is 107 Å². The first-order chi connectivity index (χ1) is 8.78. The fourth-order valence-electron chi connectivity index (χ4n) is 2.38. The number of hydrogen-bond acceptors (Lipinski definition) is 4. The minimum Gasteiger partial charge on any atom is -0.376 e. The Kier molecular flexibility index (Phi) is 2.92. The van der Waals surface area contributed by atoms with Gasteiger partial charge >= 0.3 is 0 Å². The summed E-state index contributed by atoms with van der Waals surface area (Å²) in [6, 6.07) is 6.33. The van der Waals surface area contributed by atoms with Crippen LogP contribution in [0.5, 0.6) is 0 Å². The molecule has 1 aliphatic heterocycles. The van der Waals surface area contributed by atoms with Crippen LogP contribution in [0.25, 0.3) is 0 Å². The van der Waals surface area contributed by atoms with Crippen LogP contribution in [-0.4, -0.2) is 23.7 Å². The van der Waals surface area contributed by atoms with Crippen molar-refractivity contribution in [1.29, 1.82) is 5.26 Å². The van der Waals surface area contributed by atoms with E-state index in [9.17, 15) is 0 Å². The molecule has 0 spiro atoms. The Balaban J connectivity index is 1.84. The third-order valence-electron chi connectivity index (χ3n) is 3.73. The molecule has 0 amide bonds. The predicted octanol–water partition coefficient (Wildman–Crippen LogP) is 2.42. The smallest absolute Gasteiger partial charge is 0.144 e. The van der Waals surface area contributed by atoms with Crippen LogP contribution in [0.4, 0.5) is 5.82 Å². The Morgan fingerprint density at radius 3 is 2.83 bits per heavy atom. The summed E-state index contributed by atoms with van der Waals surface area (Å²) in [6.07, 6.45) is 3.60. The van der Waals surface area contributed by atoms with E-state index in [1.165, 1.54) is 12.8 Å². The molecule has 2 aliphatic rings. The quantitative estimate of drug-likeness (QED) is 0.885. The van der Waals surface area contributed by atoms with E-state index in [0.29, 0.717) is 11.5 Å². The van der Waals surface area contributed by atoms with Crippen LogP contribution in [0.1, 0.15) is 43.4 Å². The topological polar surface area (TPSA) is 57.9 Å². The average Bonchev–Trinajstić information content (AvgIpc) is 3.15. The summed E-state index contributed by atoms with van der Waals surface area (Å²) in [5.74, 6) is 1.33. The second-order valence-corrected chi connectivity index (χ2v) is 5.13. The number of anilines is 1. The van der Waals surface area contributed by atoms with Gasteiger partial charge in [-0.2, -0.15) is 5.26 Å². The molecule has 1 saturated carbocycles. The zero-order chi connectivity index (χ0) is 12.5. The second-order valence-electron chi connectivity index (χ2n) is 5.13. The van der Waals surface area contributed by atoms with Crippen LogP contribution in [0.2, 0.25) is 0 Å². The van der Waals surface area contributed by atoms with Crippen molar-refractivity contribution in [3.8, 4) is 6.07 Å². The average molecular weight is 243 g/mol. The summed E-state index contributed by atoms with van der Waals surface area (Å²) < 4.78 is 5.53. The Morgan fingerprint density at radius 1 is 1.39 bits per heavy atom. The summed E-state index contributed by atoms with van der Waals surface area (Å²) in [7, 11) is 0. The number of nitrogens with zero attached hydrogens (tertiary/aromatic N) is 2. The summed E-state index contributed by atoms with van der Waals surface area (Å²) in [5, 5.41) is 12.5. The molecular weight excluding hydrogens is 226 g/mol. The summed E-state index contributed by atoms with van der Waals surface area (Å²) in [5.41, 5.74) is 1.74. The molecule has 4 nitrogen and oxygen atoms in total. The monoisotopic (exact) mass is 243 g/mol. The zero-order valence-corrected chi connectivity index (χ0v) is 10.5. The van der Waals surface area contributed by atoms with E-state index in [1.807, 2.05) is 12.1 Å². The fraction of sp³-hybridized carbons (Fsp3) is 0.571. The first-order valence-corrected chi connectivity index (χ1v) is 6.57. The van der Waals surface area contributed by atoms with Gasteiger partial charge in [-0.05, 0) is 38.3 Å². The van der Waals surface area contributed by atoms with Crippen LogP contribution < -0.4 is 5.32 Å². The minimum absolute atomic E-state index is 0.183. The lowest BCUT2D eigenvalue weighted by atomic mass is 10.1. The van der Waals surface area contributed by atoms with E-state index in [0.717, 1.165) is 24.5 Å². The molecule has 4 heteroatoms. The SMILES string of the molecule is C[C@H]1OCC[C@@H]1Nc1nc(C2CC2)ccc1C#N. The lowest BCUT2D eigenvalue weighted by Gasteiger charge is -2.18. The van der Waals surface area contributed by atoms with Crippen molar-refractivity contribution < 1.29 is 4.74 Å². The third-order valence-corrected chi connectivity index (χ3v) is 3.73. The van der Waals surface area contributed by atoms with Crippen molar-refractivity contribution in [1.82, 2.24) is 4.98 Å². The highest BCUT2D eigenvalue weighted by atomic mass is 16.5. The van der Waals surface area contributed by atoms with Crippen molar-refractivity contribution in [2.24, 2.45) is 0 Å². The maximum absolute atomic E-state index is 9.14. The van der Waals surface area contributed by atoms with Gasteiger partial charge in [0.1, 0.15) is 11.9 Å². The predicted molar refractivity (Wildman–Crippen MR) is 68.4 cm³/mol. The second kappa shape index (κ2) is 4.58. The Bertz CT molecular complexity index is 490. The highest BCUT2D eigenvalue weighted by Gasteiger charge is 2.28. The standard InChI is InChI=1S/C14H17N3O/c1-9-12(6-7-18-9)16-14-11(8-15)4-5-13(17-14)10-2-3-10/h4-5,9-10,12H,2-3,6-7H2,1H3,(H,16,17)/t9-,12+/m1/s1. The molecular formula is C14H17N3O. The lowest BCUT2D eigenvalue weighted by Crippen LogP contribution is -2.27. The fourth-order valence-corrected chi connectivity index (χ4v) is 2.38. The largest absolute Gasteiger partial charge is 0.376 e. The minimum atomic E-state index is 0.183. The van der Waals surface area contributed by atoms with Gasteiger partial charge in [-0.1, -0.05) is 0 Å². The molecule has 0 aromatic carbocycles. The maximum atomic E-state index is 9.14. The molecule has 2 heterocycles. The van der Waals surface area contributed by atoms with Gasteiger partial charge in [-0.3, -0.25) is 0 Å². The van der Waals surface area contributed by atoms with Crippen LogP contribution in [0.3, 0.4) is 0 Å². The number of rotatable bonds is 3. The molecule has 1 saturated heterocycles. The number of nitriles is 1. The summed E-state index contributed by atoms with van der Waals surface area (Å²) in [4.78, 5) is 4.61. The van der Waals surface area contributed by atoms with E-state index in [4.69, 9.17) is 10.00 Å². The van der Waals surface area contributed by atoms with Crippen LogP contribution in [0.15, 0.2) is 12.1 Å². The van der Waals surface area contributed by atoms with Crippen LogP contribution >= 0.6 is 0 Å². The maximum Gasteiger partial charge on any atom is 0.144 e. The number of hydrogen-bond donors (Lipinski definition) is 1. The number of nitrogens with one attached hydrogen (secondary N) is 1. The summed E-state index contributed by atoms with van der Waals surface area (Å²) >= 11 is 0. The van der Waals surface area contributed by atoms with Crippen LogP contribution in [-0.2, 0) is 4.74 Å². The van der Waals surface area contributed by atoms with Crippen molar-refractivity contribution >= 4 is 5.82 Å². The van der Waals surface area contributed by atoms with Gasteiger partial charge in [-0.15, -0.1) is 0 Å². The molecule has 2 atom stereocenters. The molecule has 3 rings (SSSR count). The van der Waals surface area contributed by atoms with Gasteiger partial charge in [0.15, 0.2) is 0 Å². The molecule has 1 aliphatic carbocycles. The van der Waals surface area contributed by atoms with E-state index in [2.05, 4.69) is 23.3 Å². The molecule has 94 valence electrons. The molecule has 1 aromatic heterocycles. The van der Waals surface area contributed by atoms with E-state index in [1.54, 1.807) is 0 Å². The number of aromatic nitrogens is 1. The first kappa shape index (κ1) is 11.5. The first-order valence-electron chi connectivity index (χ1n) is 6.57. The molecule has 18 heavy (non-hydrogen) atoms. The van der Waals surface area contributed by atoms with Crippen molar-refractivity contribution in [2.45, 2.75) is 44.2 Å². The van der Waals surface area contributed by atoms with Gasteiger partial charge in [0.25, 0.3) is 0 Å². The highest BCUT2D eigenvalue weighted by Crippen LogP contribution is 2.39.